The molecule has 0 spiro atoms. The molecule has 0 amide bonds. The van der Waals surface area contributed by atoms with Gasteiger partial charge in [-0.05, 0) is 0 Å². The molecular formula is C6H10Ge. The predicted octanol–water partition coefficient (Wildman–Crippen LogP) is 1.90. The second-order valence-electron chi connectivity index (χ2n) is 2.54. The summed E-state index contributed by atoms with van der Waals surface area (Å²) in [5, 5.41) is 0. The van der Waals surface area contributed by atoms with Crippen LogP contribution in [-0.4, -0.2) is 13.3 Å². The third-order valence-corrected chi connectivity index (χ3v) is 5.58. The van der Waals surface area contributed by atoms with E-state index < -0.39 is 13.3 Å². The van der Waals surface area contributed by atoms with Crippen LogP contribution in [0.5, 0.6) is 0 Å². The Morgan fingerprint density at radius 1 is 1.00 bits per heavy atom. The van der Waals surface area contributed by atoms with Crippen LogP contribution in [0.3, 0.4) is 0 Å². The Bertz CT molecular complexity index is 106. The van der Waals surface area contributed by atoms with E-state index in [-0.39, 0.29) is 0 Å². The van der Waals surface area contributed by atoms with E-state index in [9.17, 15) is 0 Å². The zero-order chi connectivity index (χ0) is 5.33. The van der Waals surface area contributed by atoms with Crippen LogP contribution < -0.4 is 0 Å². The molecule has 0 radical (unpaired) electrons. The fourth-order valence-electron chi connectivity index (χ4n) is 0.663. The van der Waals surface area contributed by atoms with E-state index in [0.717, 1.165) is 0 Å². The monoisotopic (exact) mass is 156 g/mol. The van der Waals surface area contributed by atoms with Crippen molar-refractivity contribution in [2.75, 3.05) is 0 Å². The third kappa shape index (κ3) is 1.20. The first kappa shape index (κ1) is 5.17. The molecule has 1 heterocycles. The van der Waals surface area contributed by atoms with E-state index in [4.69, 9.17) is 0 Å². The first-order valence-corrected chi connectivity index (χ1v) is 9.20. The van der Waals surface area contributed by atoms with E-state index in [1.165, 1.54) is 0 Å². The topological polar surface area (TPSA) is 0 Å². The fourth-order valence-corrected chi connectivity index (χ4v) is 3.44. The summed E-state index contributed by atoms with van der Waals surface area (Å²) in [6.45, 7) is 0. The first-order valence-electron chi connectivity index (χ1n) is 2.58. The van der Waals surface area contributed by atoms with E-state index in [1.54, 1.807) is 0 Å². The summed E-state index contributed by atoms with van der Waals surface area (Å²) in [4.78, 5) is 4.75. The maximum atomic E-state index is 2.38. The Morgan fingerprint density at radius 2 is 1.43 bits per heavy atom. The van der Waals surface area contributed by atoms with Gasteiger partial charge < -0.3 is 0 Å². The van der Waals surface area contributed by atoms with Gasteiger partial charge in [0, 0.05) is 0 Å². The van der Waals surface area contributed by atoms with Gasteiger partial charge in [-0.25, -0.2) is 0 Å². The van der Waals surface area contributed by atoms with Crippen molar-refractivity contribution in [3.63, 3.8) is 0 Å². The van der Waals surface area contributed by atoms with Crippen LogP contribution in [0.25, 0.3) is 0 Å². The predicted molar refractivity (Wildman–Crippen MR) is 35.8 cm³/mol. The summed E-state index contributed by atoms with van der Waals surface area (Å²) in [6, 6.07) is 0. The van der Waals surface area contributed by atoms with Crippen molar-refractivity contribution in [3.05, 3.63) is 22.0 Å². The second kappa shape index (κ2) is 1.51. The average molecular weight is 155 g/mol. The van der Waals surface area contributed by atoms with Crippen LogP contribution in [0.4, 0.5) is 0 Å². The summed E-state index contributed by atoms with van der Waals surface area (Å²) < 4.78 is 0. The van der Waals surface area contributed by atoms with Crippen molar-refractivity contribution in [2.45, 2.75) is 11.5 Å². The van der Waals surface area contributed by atoms with Gasteiger partial charge in [-0.1, -0.05) is 0 Å². The van der Waals surface area contributed by atoms with Gasteiger partial charge in [-0.2, -0.15) is 0 Å². The number of rotatable bonds is 0. The minimum atomic E-state index is -1.33. The zero-order valence-corrected chi connectivity index (χ0v) is 6.91. The fraction of sp³-hybridized carbons (Fsp3) is 0.333. The number of hydrogen-bond donors (Lipinski definition) is 0. The summed E-state index contributed by atoms with van der Waals surface area (Å²) >= 11 is -1.33. The molecule has 0 N–H and O–H groups in total. The molecule has 0 atom stereocenters. The van der Waals surface area contributed by atoms with Gasteiger partial charge in [-0.15, -0.1) is 0 Å². The van der Waals surface area contributed by atoms with E-state index in [2.05, 4.69) is 33.5 Å². The molecular weight excluding hydrogens is 145 g/mol. The third-order valence-electron chi connectivity index (χ3n) is 1.16. The molecule has 38 valence electrons. The average Bonchev–Trinajstić information content (AvgIpc) is 1.84. The molecule has 0 fully saturated rings. The molecule has 0 aromatic carbocycles. The van der Waals surface area contributed by atoms with Gasteiger partial charge in [0.25, 0.3) is 0 Å². The number of hydrogen-bond acceptors (Lipinski definition) is 0. The molecule has 0 unspecified atom stereocenters. The molecule has 0 aliphatic carbocycles. The van der Waals surface area contributed by atoms with Crippen molar-refractivity contribution in [2.24, 2.45) is 0 Å². The van der Waals surface area contributed by atoms with Crippen LogP contribution in [-0.2, 0) is 0 Å². The van der Waals surface area contributed by atoms with Gasteiger partial charge in [0.15, 0.2) is 0 Å². The van der Waals surface area contributed by atoms with Crippen LogP contribution in [0, 0.1) is 0 Å². The normalized spacial score (nSPS) is 23.7. The standard InChI is InChI=1S/C6H10Ge/c1-7(2)5-3-4-6-7/h3-6H,1-2H3. The molecule has 0 bridgehead atoms. The van der Waals surface area contributed by atoms with Crippen molar-refractivity contribution in [3.8, 4) is 0 Å². The van der Waals surface area contributed by atoms with Crippen LogP contribution in [0.2, 0.25) is 11.5 Å². The van der Waals surface area contributed by atoms with E-state index in [0.29, 0.717) is 0 Å². The van der Waals surface area contributed by atoms with Crippen molar-refractivity contribution in [1.82, 2.24) is 0 Å². The van der Waals surface area contributed by atoms with Gasteiger partial charge in [0.1, 0.15) is 0 Å². The molecule has 0 aromatic rings. The Morgan fingerprint density at radius 3 is 1.57 bits per heavy atom. The SMILES string of the molecule is [CH3][Ge]1([CH3])[CH]=CC=[CH]1. The quantitative estimate of drug-likeness (QED) is 0.468. The Hall–Kier alpha value is 0.0229. The second-order valence-corrected chi connectivity index (χ2v) is 11.6. The molecule has 1 aliphatic rings. The summed E-state index contributed by atoms with van der Waals surface area (Å²) in [5.74, 6) is 4.75. The first-order chi connectivity index (χ1) is 3.21. The summed E-state index contributed by atoms with van der Waals surface area (Å²) in [5.41, 5.74) is 0. The molecule has 1 aliphatic heterocycles. The maximum absolute atomic E-state index is 2.38. The van der Waals surface area contributed by atoms with Crippen molar-refractivity contribution >= 4 is 13.3 Å². The molecule has 7 heavy (non-hydrogen) atoms. The van der Waals surface area contributed by atoms with Crippen molar-refractivity contribution in [1.29, 1.82) is 0 Å². The van der Waals surface area contributed by atoms with Gasteiger partial charge in [0.05, 0.1) is 0 Å². The minimum absolute atomic E-state index is 1.33. The van der Waals surface area contributed by atoms with Gasteiger partial charge in [0.2, 0.25) is 0 Å². The van der Waals surface area contributed by atoms with Crippen LogP contribution >= 0.6 is 0 Å². The van der Waals surface area contributed by atoms with Gasteiger partial charge >= 0.3 is 46.7 Å². The van der Waals surface area contributed by atoms with Crippen molar-refractivity contribution < 1.29 is 0 Å². The van der Waals surface area contributed by atoms with Crippen LogP contribution in [0.15, 0.2) is 22.0 Å². The van der Waals surface area contributed by atoms with E-state index >= 15 is 0 Å². The Labute approximate surface area is 47.3 Å². The van der Waals surface area contributed by atoms with E-state index in [1.807, 2.05) is 0 Å². The molecule has 1 heteroatoms. The molecule has 1 rings (SSSR count). The Balaban J connectivity index is 2.77. The van der Waals surface area contributed by atoms with Gasteiger partial charge in [-0.3, -0.25) is 0 Å². The molecule has 0 saturated heterocycles. The summed E-state index contributed by atoms with van der Waals surface area (Å²) in [7, 11) is 0. The zero-order valence-electron chi connectivity index (χ0n) is 4.81. The number of allylic oxidation sites excluding steroid dienone is 2. The molecule has 0 aromatic heterocycles. The molecule has 0 nitrogen and oxygen atoms in total. The summed E-state index contributed by atoms with van der Waals surface area (Å²) in [6.07, 6.45) is 4.33. The van der Waals surface area contributed by atoms with Crippen LogP contribution in [0.1, 0.15) is 0 Å². The Kier molecular flexibility index (Phi) is 1.12. The molecule has 0 saturated carbocycles.